The van der Waals surface area contributed by atoms with Crippen LogP contribution in [0.25, 0.3) is 5.57 Å². The Morgan fingerprint density at radius 3 is 2.23 bits per heavy atom. The molecule has 0 aromatic heterocycles. The van der Waals surface area contributed by atoms with Gasteiger partial charge in [-0.25, -0.2) is 9.18 Å². The number of hydrogen-bond donors (Lipinski definition) is 1. The van der Waals surface area contributed by atoms with E-state index < -0.39 is 12.1 Å². The monoisotopic (exact) mass is 420 g/mol. The Labute approximate surface area is 181 Å². The lowest BCUT2D eigenvalue weighted by Crippen LogP contribution is -2.26. The molecular weight excluding hydrogens is 395 g/mol. The first-order valence-corrected chi connectivity index (χ1v) is 10.1. The van der Waals surface area contributed by atoms with Crippen molar-refractivity contribution in [3.63, 3.8) is 0 Å². The highest BCUT2D eigenvalue weighted by Crippen LogP contribution is 2.24. The summed E-state index contributed by atoms with van der Waals surface area (Å²) in [6.07, 6.45) is 1.40. The molecule has 0 aliphatic rings. The summed E-state index contributed by atoms with van der Waals surface area (Å²) in [5.41, 5.74) is 3.74. The zero-order valence-electron chi connectivity index (χ0n) is 17.3. The highest BCUT2D eigenvalue weighted by Gasteiger charge is 2.17. The molecule has 3 aromatic carbocycles. The smallest absolute Gasteiger partial charge is 0.333 e. The topological polar surface area (TPSA) is 55.8 Å². The van der Waals surface area contributed by atoms with Crippen molar-refractivity contribution in [2.75, 3.05) is 13.2 Å². The molecule has 1 N–H and O–H groups in total. The minimum atomic E-state index is -0.971. The van der Waals surface area contributed by atoms with Gasteiger partial charge in [0.05, 0.1) is 0 Å². The third-order valence-corrected chi connectivity index (χ3v) is 4.77. The van der Waals surface area contributed by atoms with E-state index in [9.17, 15) is 14.3 Å². The molecule has 3 rings (SSSR count). The third-order valence-electron chi connectivity index (χ3n) is 4.77. The zero-order valence-corrected chi connectivity index (χ0v) is 17.3. The van der Waals surface area contributed by atoms with Gasteiger partial charge in [-0.2, -0.15) is 0 Å². The first-order valence-electron chi connectivity index (χ1n) is 10.1. The number of carboxylic acids is 1. The average molecular weight is 420 g/mol. The fourth-order valence-electron chi connectivity index (χ4n) is 3.23. The van der Waals surface area contributed by atoms with Gasteiger partial charge in [-0.1, -0.05) is 54.6 Å². The number of carbonyl (C=O) groups is 1. The Balaban J connectivity index is 1.69. The molecule has 1 atom stereocenters. The summed E-state index contributed by atoms with van der Waals surface area (Å²) in [5, 5.41) is 9.21. The molecule has 3 aromatic rings. The molecule has 4 nitrogen and oxygen atoms in total. The quantitative estimate of drug-likeness (QED) is 0.479. The van der Waals surface area contributed by atoms with Crippen LogP contribution in [0.5, 0.6) is 5.75 Å². The first kappa shape index (κ1) is 22.2. The van der Waals surface area contributed by atoms with E-state index in [1.807, 2.05) is 60.7 Å². The number of halogens is 1. The zero-order chi connectivity index (χ0) is 22.1. The van der Waals surface area contributed by atoms with E-state index in [4.69, 9.17) is 9.47 Å². The van der Waals surface area contributed by atoms with Crippen molar-refractivity contribution in [3.8, 4) is 5.75 Å². The van der Waals surface area contributed by atoms with Gasteiger partial charge in [0, 0.05) is 13.0 Å². The van der Waals surface area contributed by atoms with Gasteiger partial charge in [-0.3, -0.25) is 0 Å². The Morgan fingerprint density at radius 1 is 0.968 bits per heavy atom. The Kier molecular flexibility index (Phi) is 7.96. The molecule has 0 saturated carbocycles. The summed E-state index contributed by atoms with van der Waals surface area (Å²) >= 11 is 0. The summed E-state index contributed by atoms with van der Waals surface area (Å²) in [6, 6.07) is 23.6. The number of ether oxygens (including phenoxy) is 2. The molecule has 31 heavy (non-hydrogen) atoms. The standard InChI is InChI=1S/C26H25FO4/c1-2-30-25(26(28)29)18-19-8-14-23(15-9-19)31-17-16-24(20-6-4-3-5-7-20)21-10-12-22(27)13-11-21/h3-16,25H,2,17-18H2,1H3,(H,28,29)/t25-/m0/s1. The first-order chi connectivity index (χ1) is 15.1. The van der Waals surface area contributed by atoms with Crippen molar-refractivity contribution in [3.05, 3.63) is 107 Å². The molecular formula is C26H25FO4. The van der Waals surface area contributed by atoms with Crippen LogP contribution in [0.15, 0.2) is 84.9 Å². The maximum Gasteiger partial charge on any atom is 0.333 e. The predicted molar refractivity (Wildman–Crippen MR) is 119 cm³/mol. The van der Waals surface area contributed by atoms with Crippen molar-refractivity contribution in [2.45, 2.75) is 19.4 Å². The van der Waals surface area contributed by atoms with Crippen molar-refractivity contribution < 1.29 is 23.8 Å². The molecule has 0 amide bonds. The normalized spacial score (nSPS) is 12.4. The van der Waals surface area contributed by atoms with Crippen molar-refractivity contribution in [1.82, 2.24) is 0 Å². The Hall–Kier alpha value is -3.44. The van der Waals surface area contributed by atoms with Crippen molar-refractivity contribution >= 4 is 11.5 Å². The molecule has 160 valence electrons. The minimum absolute atomic E-state index is 0.276. The fraction of sp³-hybridized carbons (Fsp3) is 0.192. The second-order valence-electron chi connectivity index (χ2n) is 6.93. The van der Waals surface area contributed by atoms with Crippen LogP contribution in [0.3, 0.4) is 0 Å². The molecule has 5 heteroatoms. The number of benzene rings is 3. The molecule has 0 unspecified atom stereocenters. The van der Waals surface area contributed by atoms with Crippen LogP contribution in [0, 0.1) is 5.82 Å². The van der Waals surface area contributed by atoms with Gasteiger partial charge >= 0.3 is 5.97 Å². The van der Waals surface area contributed by atoms with Crippen LogP contribution in [0.4, 0.5) is 4.39 Å². The Bertz CT molecular complexity index is 996. The van der Waals surface area contributed by atoms with Gasteiger partial charge in [0.2, 0.25) is 0 Å². The maximum absolute atomic E-state index is 13.3. The summed E-state index contributed by atoms with van der Waals surface area (Å²) in [4.78, 5) is 11.2. The number of carboxylic acid groups (broad SMARTS) is 1. The van der Waals surface area contributed by atoms with E-state index in [1.54, 1.807) is 19.1 Å². The summed E-state index contributed by atoms with van der Waals surface area (Å²) in [5.74, 6) is -0.571. The summed E-state index contributed by atoms with van der Waals surface area (Å²) in [6.45, 7) is 2.45. The third kappa shape index (κ3) is 6.52. The highest BCUT2D eigenvalue weighted by molar-refractivity contribution is 5.79. The summed E-state index contributed by atoms with van der Waals surface area (Å²) in [7, 11) is 0. The molecule has 0 aliphatic heterocycles. The van der Waals surface area contributed by atoms with E-state index in [0.717, 1.165) is 22.3 Å². The SMILES string of the molecule is CCO[C@@H](Cc1ccc(OCC=C(c2ccccc2)c2ccc(F)cc2)cc1)C(=O)O. The van der Waals surface area contributed by atoms with E-state index in [2.05, 4.69) is 0 Å². The average Bonchev–Trinajstić information content (AvgIpc) is 2.79. The highest BCUT2D eigenvalue weighted by atomic mass is 19.1. The molecule has 0 aliphatic carbocycles. The van der Waals surface area contributed by atoms with E-state index in [0.29, 0.717) is 25.4 Å². The molecule has 0 heterocycles. The fourth-order valence-corrected chi connectivity index (χ4v) is 3.23. The predicted octanol–water partition coefficient (Wildman–Crippen LogP) is 5.37. The van der Waals surface area contributed by atoms with E-state index in [1.165, 1.54) is 12.1 Å². The van der Waals surface area contributed by atoms with Crippen molar-refractivity contribution in [2.24, 2.45) is 0 Å². The van der Waals surface area contributed by atoms with Gasteiger partial charge in [-0.05, 0) is 59.5 Å². The minimum Gasteiger partial charge on any atom is -0.490 e. The van der Waals surface area contributed by atoms with Gasteiger partial charge in [-0.15, -0.1) is 0 Å². The number of rotatable bonds is 10. The molecule has 0 bridgehead atoms. The Morgan fingerprint density at radius 2 is 1.61 bits per heavy atom. The molecule has 0 saturated heterocycles. The second-order valence-corrected chi connectivity index (χ2v) is 6.93. The van der Waals surface area contributed by atoms with Crippen LogP contribution in [-0.4, -0.2) is 30.4 Å². The van der Waals surface area contributed by atoms with Gasteiger partial charge in [0.1, 0.15) is 18.2 Å². The molecule has 0 fully saturated rings. The lowest BCUT2D eigenvalue weighted by Gasteiger charge is -2.13. The second kappa shape index (κ2) is 11.1. The molecule has 0 spiro atoms. The van der Waals surface area contributed by atoms with Crippen molar-refractivity contribution in [1.29, 1.82) is 0 Å². The van der Waals surface area contributed by atoms with Crippen LogP contribution >= 0.6 is 0 Å². The lowest BCUT2D eigenvalue weighted by molar-refractivity contribution is -0.149. The van der Waals surface area contributed by atoms with Gasteiger partial charge in [0.15, 0.2) is 6.10 Å². The van der Waals surface area contributed by atoms with Crippen LogP contribution < -0.4 is 4.74 Å². The maximum atomic E-state index is 13.3. The van der Waals surface area contributed by atoms with Gasteiger partial charge < -0.3 is 14.6 Å². The van der Waals surface area contributed by atoms with Gasteiger partial charge in [0.25, 0.3) is 0 Å². The van der Waals surface area contributed by atoms with E-state index >= 15 is 0 Å². The molecule has 0 radical (unpaired) electrons. The largest absolute Gasteiger partial charge is 0.490 e. The van der Waals surface area contributed by atoms with Crippen LogP contribution in [0.1, 0.15) is 23.6 Å². The van der Waals surface area contributed by atoms with E-state index in [-0.39, 0.29) is 5.82 Å². The van der Waals surface area contributed by atoms with Crippen LogP contribution in [-0.2, 0) is 16.0 Å². The lowest BCUT2D eigenvalue weighted by atomic mass is 9.98. The number of hydrogen-bond acceptors (Lipinski definition) is 3. The van der Waals surface area contributed by atoms with Crippen LogP contribution in [0.2, 0.25) is 0 Å². The summed E-state index contributed by atoms with van der Waals surface area (Å²) < 4.78 is 24.5. The number of aliphatic carboxylic acids is 1.